The summed E-state index contributed by atoms with van der Waals surface area (Å²) in [4.78, 5) is 19.6. The molecule has 2 N–H and O–H groups in total. The number of aromatic nitrogens is 1. The zero-order valence-electron chi connectivity index (χ0n) is 15.8. The fraction of sp³-hybridized carbons (Fsp3) is 0.429. The minimum Gasteiger partial charge on any atom is -0.379 e. The first-order valence-corrected chi connectivity index (χ1v) is 10.8. The molecule has 2 aromatic heterocycles. The van der Waals surface area contributed by atoms with E-state index in [-0.39, 0.29) is 5.91 Å². The summed E-state index contributed by atoms with van der Waals surface area (Å²) in [5.74, 6) is -0.131. The molecule has 146 valence electrons. The van der Waals surface area contributed by atoms with Crippen molar-refractivity contribution in [1.82, 2.24) is 15.3 Å². The molecule has 0 bridgehead atoms. The van der Waals surface area contributed by atoms with E-state index in [4.69, 9.17) is 4.74 Å². The number of thiophene rings is 1. The molecule has 2 aliphatic heterocycles. The Morgan fingerprint density at radius 1 is 1.25 bits per heavy atom. The van der Waals surface area contributed by atoms with Crippen molar-refractivity contribution >= 4 is 29.0 Å². The zero-order valence-corrected chi connectivity index (χ0v) is 16.6. The van der Waals surface area contributed by atoms with Gasteiger partial charge in [0.15, 0.2) is 0 Å². The highest BCUT2D eigenvalue weighted by Gasteiger charge is 2.27. The van der Waals surface area contributed by atoms with E-state index in [0.29, 0.717) is 5.57 Å². The fourth-order valence-electron chi connectivity index (χ4n) is 4.28. The number of amides is 1. The Kier molecular flexibility index (Phi) is 4.88. The van der Waals surface area contributed by atoms with E-state index in [1.807, 2.05) is 23.6 Å². The van der Waals surface area contributed by atoms with E-state index in [2.05, 4.69) is 20.4 Å². The molecule has 1 aliphatic carbocycles. The number of ether oxygens (including phenoxy) is 1. The predicted molar refractivity (Wildman–Crippen MR) is 111 cm³/mol. The minimum atomic E-state index is -0.131. The van der Waals surface area contributed by atoms with Crippen LogP contribution < -0.4 is 5.43 Å². The summed E-state index contributed by atoms with van der Waals surface area (Å²) >= 11 is 1.60. The van der Waals surface area contributed by atoms with Gasteiger partial charge in [-0.05, 0) is 54.3 Å². The third-order valence-corrected chi connectivity index (χ3v) is 6.62. The molecule has 1 fully saturated rings. The fourth-order valence-corrected chi connectivity index (χ4v) is 5.01. The number of morpholine rings is 1. The molecule has 0 unspecified atom stereocenters. The average Bonchev–Trinajstić information content (AvgIpc) is 3.44. The Morgan fingerprint density at radius 3 is 2.93 bits per heavy atom. The summed E-state index contributed by atoms with van der Waals surface area (Å²) in [6, 6.07) is 3.99. The van der Waals surface area contributed by atoms with Crippen molar-refractivity contribution in [1.29, 1.82) is 0 Å². The Labute approximate surface area is 168 Å². The van der Waals surface area contributed by atoms with Crippen LogP contribution in [0.1, 0.15) is 40.2 Å². The van der Waals surface area contributed by atoms with Crippen molar-refractivity contribution in [3.8, 4) is 0 Å². The normalized spacial score (nSPS) is 21.6. The third-order valence-electron chi connectivity index (χ3n) is 5.74. The molecule has 5 rings (SSSR count). The molecule has 7 heteroatoms. The molecule has 1 saturated heterocycles. The number of H-pyrrole nitrogens is 1. The summed E-state index contributed by atoms with van der Waals surface area (Å²) in [7, 11) is 0. The average molecular weight is 397 g/mol. The number of hydrazone groups is 1. The van der Waals surface area contributed by atoms with Gasteiger partial charge in [-0.2, -0.15) is 5.10 Å². The number of hydrogen-bond acceptors (Lipinski definition) is 5. The Hall–Kier alpha value is -2.22. The van der Waals surface area contributed by atoms with Crippen LogP contribution in [0.15, 0.2) is 28.2 Å². The maximum atomic E-state index is 12.5. The van der Waals surface area contributed by atoms with Crippen LogP contribution in [-0.4, -0.2) is 47.8 Å². The SMILES string of the molecule is O=C1NN=C(c2cccs2)/C1=C\c1[nH]c2c(c1CN1CCOCC1)CCCC2. The van der Waals surface area contributed by atoms with Gasteiger partial charge in [0, 0.05) is 31.0 Å². The third kappa shape index (κ3) is 3.34. The molecule has 3 aliphatic rings. The van der Waals surface area contributed by atoms with Crippen LogP contribution in [0.25, 0.3) is 6.08 Å². The maximum Gasteiger partial charge on any atom is 0.273 e. The highest BCUT2D eigenvalue weighted by Crippen LogP contribution is 2.31. The molecule has 0 aromatic carbocycles. The summed E-state index contributed by atoms with van der Waals surface area (Å²) in [5, 5.41) is 6.29. The summed E-state index contributed by atoms with van der Waals surface area (Å²) in [6.45, 7) is 4.40. The topological polar surface area (TPSA) is 69.7 Å². The molecule has 0 atom stereocenters. The van der Waals surface area contributed by atoms with Gasteiger partial charge in [-0.25, -0.2) is 5.43 Å². The van der Waals surface area contributed by atoms with Crippen molar-refractivity contribution < 1.29 is 9.53 Å². The van der Waals surface area contributed by atoms with Crippen molar-refractivity contribution in [2.75, 3.05) is 26.3 Å². The molecule has 28 heavy (non-hydrogen) atoms. The van der Waals surface area contributed by atoms with Gasteiger partial charge < -0.3 is 9.72 Å². The van der Waals surface area contributed by atoms with E-state index in [0.717, 1.165) is 62.0 Å². The lowest BCUT2D eigenvalue weighted by Crippen LogP contribution is -2.36. The van der Waals surface area contributed by atoms with Crippen LogP contribution in [0.3, 0.4) is 0 Å². The van der Waals surface area contributed by atoms with Crippen molar-refractivity contribution in [2.45, 2.75) is 32.2 Å². The maximum absolute atomic E-state index is 12.5. The molecule has 4 heterocycles. The van der Waals surface area contributed by atoms with Gasteiger partial charge in [-0.1, -0.05) is 6.07 Å². The summed E-state index contributed by atoms with van der Waals surface area (Å²) in [6.07, 6.45) is 6.68. The van der Waals surface area contributed by atoms with E-state index < -0.39 is 0 Å². The number of rotatable bonds is 4. The standard InChI is InChI=1S/C21H24N4O2S/c26-21-15(20(23-24-21)19-6-3-11-28-19)12-18-16(13-25-7-9-27-10-8-25)14-4-1-2-5-17(14)22-18/h3,6,11-12,22H,1-2,4-5,7-10,13H2,(H,24,26)/b15-12+. The van der Waals surface area contributed by atoms with Gasteiger partial charge in [-0.3, -0.25) is 9.69 Å². The van der Waals surface area contributed by atoms with Gasteiger partial charge in [0.05, 0.1) is 23.7 Å². The predicted octanol–water partition coefficient (Wildman–Crippen LogP) is 2.70. The number of carbonyl (C=O) groups is 1. The molecular weight excluding hydrogens is 372 g/mol. The number of hydrogen-bond donors (Lipinski definition) is 2. The van der Waals surface area contributed by atoms with Gasteiger partial charge in [0.1, 0.15) is 5.71 Å². The van der Waals surface area contributed by atoms with Crippen LogP contribution in [0.2, 0.25) is 0 Å². The number of aromatic amines is 1. The monoisotopic (exact) mass is 396 g/mol. The van der Waals surface area contributed by atoms with Crippen LogP contribution in [0.5, 0.6) is 0 Å². The quantitative estimate of drug-likeness (QED) is 0.781. The minimum absolute atomic E-state index is 0.131. The Morgan fingerprint density at radius 2 is 2.11 bits per heavy atom. The lowest BCUT2D eigenvalue weighted by atomic mass is 9.93. The summed E-state index contributed by atoms with van der Waals surface area (Å²) < 4.78 is 5.51. The van der Waals surface area contributed by atoms with Crippen LogP contribution in [0, 0.1) is 0 Å². The summed E-state index contributed by atoms with van der Waals surface area (Å²) in [5.41, 5.74) is 9.23. The van der Waals surface area contributed by atoms with E-state index in [1.54, 1.807) is 11.3 Å². The van der Waals surface area contributed by atoms with Crippen molar-refractivity contribution in [3.63, 3.8) is 0 Å². The second-order valence-electron chi connectivity index (χ2n) is 7.51. The van der Waals surface area contributed by atoms with Crippen molar-refractivity contribution in [3.05, 3.63) is 50.5 Å². The molecule has 0 saturated carbocycles. The number of nitrogens with zero attached hydrogens (tertiary/aromatic N) is 2. The highest BCUT2D eigenvalue weighted by atomic mass is 32.1. The lowest BCUT2D eigenvalue weighted by molar-refractivity contribution is -0.116. The highest BCUT2D eigenvalue weighted by molar-refractivity contribution is 7.12. The zero-order chi connectivity index (χ0) is 18.9. The first-order valence-electron chi connectivity index (χ1n) is 9.96. The molecule has 0 spiro atoms. The van der Waals surface area contributed by atoms with Crippen LogP contribution in [-0.2, 0) is 28.9 Å². The second-order valence-corrected chi connectivity index (χ2v) is 8.45. The smallest absolute Gasteiger partial charge is 0.273 e. The largest absolute Gasteiger partial charge is 0.379 e. The first kappa shape index (κ1) is 17.8. The van der Waals surface area contributed by atoms with Crippen molar-refractivity contribution in [2.24, 2.45) is 5.10 Å². The van der Waals surface area contributed by atoms with E-state index in [1.165, 1.54) is 29.7 Å². The van der Waals surface area contributed by atoms with Gasteiger partial charge in [-0.15, -0.1) is 11.3 Å². The van der Waals surface area contributed by atoms with E-state index >= 15 is 0 Å². The number of aryl methyl sites for hydroxylation is 1. The Balaban J connectivity index is 1.53. The number of carbonyl (C=O) groups excluding carboxylic acids is 1. The van der Waals surface area contributed by atoms with Gasteiger partial charge in [0.25, 0.3) is 5.91 Å². The lowest BCUT2D eigenvalue weighted by Gasteiger charge is -2.27. The molecule has 0 radical (unpaired) electrons. The van der Waals surface area contributed by atoms with Gasteiger partial charge >= 0.3 is 0 Å². The second kappa shape index (κ2) is 7.66. The van der Waals surface area contributed by atoms with Crippen LogP contribution in [0.4, 0.5) is 0 Å². The van der Waals surface area contributed by atoms with Crippen LogP contribution >= 0.6 is 11.3 Å². The van der Waals surface area contributed by atoms with E-state index in [9.17, 15) is 4.79 Å². The Bertz CT molecular complexity index is 936. The first-order chi connectivity index (χ1) is 13.8. The molecular formula is C21H24N4O2S. The van der Waals surface area contributed by atoms with Gasteiger partial charge in [0.2, 0.25) is 0 Å². The number of fused-ring (bicyclic) bond motifs is 1. The molecule has 1 amide bonds. The molecule has 2 aromatic rings. The molecule has 6 nitrogen and oxygen atoms in total. The number of nitrogens with one attached hydrogen (secondary N) is 2.